The minimum Gasteiger partial charge on any atom is -0.487 e. The van der Waals surface area contributed by atoms with Crippen molar-refractivity contribution >= 4 is 17.2 Å². The number of rotatable bonds is 6. The molecule has 29 heavy (non-hydrogen) atoms. The second-order valence-electron chi connectivity index (χ2n) is 8.06. The highest BCUT2D eigenvalue weighted by atomic mass is 16.5. The van der Waals surface area contributed by atoms with Crippen LogP contribution in [0.3, 0.4) is 0 Å². The highest BCUT2D eigenvalue weighted by molar-refractivity contribution is 6.13. The van der Waals surface area contributed by atoms with Crippen LogP contribution in [0.15, 0.2) is 30.6 Å². The summed E-state index contributed by atoms with van der Waals surface area (Å²) in [4.78, 5) is 10.5. The van der Waals surface area contributed by atoms with E-state index < -0.39 is 6.10 Å². The molecule has 2 fully saturated rings. The SMILES string of the molecule is CCC1(Oc2ccc(N)c(C(=N)c3cc(N4C[C@H](O)[C@@H](N)[C@@H]4C)ncn3)c2)CC1. The van der Waals surface area contributed by atoms with Crippen LogP contribution in [0.2, 0.25) is 0 Å². The summed E-state index contributed by atoms with van der Waals surface area (Å²) in [6.07, 6.45) is 3.88. The fourth-order valence-corrected chi connectivity index (χ4v) is 3.83. The summed E-state index contributed by atoms with van der Waals surface area (Å²) in [5.41, 5.74) is 13.9. The van der Waals surface area contributed by atoms with Gasteiger partial charge in [-0.1, -0.05) is 6.92 Å². The van der Waals surface area contributed by atoms with Crippen LogP contribution in [-0.4, -0.2) is 51.1 Å². The third-order valence-electron chi connectivity index (χ3n) is 6.16. The number of hydrogen-bond acceptors (Lipinski definition) is 8. The zero-order chi connectivity index (χ0) is 20.8. The zero-order valence-corrected chi connectivity index (χ0v) is 16.8. The molecule has 1 aromatic carbocycles. The van der Waals surface area contributed by atoms with E-state index in [4.69, 9.17) is 21.6 Å². The molecular formula is C21H28N6O2. The minimum atomic E-state index is -0.611. The fraction of sp³-hybridized carbons (Fsp3) is 0.476. The zero-order valence-electron chi connectivity index (χ0n) is 16.8. The van der Waals surface area contributed by atoms with Gasteiger partial charge in [0.2, 0.25) is 0 Å². The molecule has 2 aliphatic rings. The van der Waals surface area contributed by atoms with E-state index in [1.807, 2.05) is 24.0 Å². The monoisotopic (exact) mass is 396 g/mol. The number of β-amino-alcohol motifs (C(OH)–C–C–N with tert-alkyl or cyclic N) is 1. The van der Waals surface area contributed by atoms with Crippen molar-refractivity contribution in [2.24, 2.45) is 5.73 Å². The van der Waals surface area contributed by atoms with Gasteiger partial charge in [-0.3, -0.25) is 5.41 Å². The molecule has 0 unspecified atom stereocenters. The van der Waals surface area contributed by atoms with Gasteiger partial charge in [0, 0.05) is 29.9 Å². The fourth-order valence-electron chi connectivity index (χ4n) is 3.83. The molecule has 1 aromatic heterocycles. The lowest BCUT2D eigenvalue weighted by atomic mass is 10.0. The molecule has 8 heteroatoms. The van der Waals surface area contributed by atoms with Crippen molar-refractivity contribution in [1.29, 1.82) is 5.41 Å². The lowest BCUT2D eigenvalue weighted by Crippen LogP contribution is -2.40. The Morgan fingerprint density at radius 1 is 1.34 bits per heavy atom. The number of nitrogens with two attached hydrogens (primary N) is 2. The number of aliphatic hydroxyl groups is 1. The van der Waals surface area contributed by atoms with E-state index in [1.54, 1.807) is 12.1 Å². The number of anilines is 2. The summed E-state index contributed by atoms with van der Waals surface area (Å²) < 4.78 is 6.15. The average molecular weight is 396 g/mol. The molecule has 3 atom stereocenters. The summed E-state index contributed by atoms with van der Waals surface area (Å²) >= 11 is 0. The standard InChI is InChI=1S/C21H28N6O2/c1-3-21(6-7-21)29-13-4-5-15(22)14(8-13)20(24)16-9-18(26-11-25-16)27-10-17(28)19(23)12(27)2/h4-5,8-9,11-12,17,19,24,28H,3,6-7,10,22-23H2,1-2H3/t12-,17-,19-/m0/s1. The van der Waals surface area contributed by atoms with Crippen LogP contribution < -0.4 is 21.1 Å². The molecule has 1 saturated heterocycles. The number of nitrogen functional groups attached to an aromatic ring is 1. The first kappa shape index (κ1) is 19.6. The molecule has 0 radical (unpaired) electrons. The number of nitrogens with one attached hydrogen (secondary N) is 1. The van der Waals surface area contributed by atoms with Gasteiger partial charge in [-0.2, -0.15) is 0 Å². The van der Waals surface area contributed by atoms with Crippen LogP contribution in [0.25, 0.3) is 0 Å². The smallest absolute Gasteiger partial charge is 0.132 e. The largest absolute Gasteiger partial charge is 0.487 e. The van der Waals surface area contributed by atoms with Gasteiger partial charge in [0.05, 0.1) is 23.6 Å². The topological polar surface area (TPSA) is 134 Å². The molecule has 6 N–H and O–H groups in total. The van der Waals surface area contributed by atoms with Crippen molar-refractivity contribution in [1.82, 2.24) is 9.97 Å². The first-order chi connectivity index (χ1) is 13.8. The van der Waals surface area contributed by atoms with Crippen LogP contribution in [0.4, 0.5) is 11.5 Å². The van der Waals surface area contributed by atoms with Gasteiger partial charge < -0.3 is 26.2 Å². The van der Waals surface area contributed by atoms with Gasteiger partial charge in [0.15, 0.2) is 0 Å². The van der Waals surface area contributed by atoms with Crippen molar-refractivity contribution in [2.75, 3.05) is 17.2 Å². The second kappa shape index (κ2) is 7.27. The number of aliphatic hydroxyl groups excluding tert-OH is 1. The quantitative estimate of drug-likeness (QED) is 0.431. The van der Waals surface area contributed by atoms with Crippen LogP contribution in [0.5, 0.6) is 5.75 Å². The van der Waals surface area contributed by atoms with E-state index in [-0.39, 0.29) is 23.4 Å². The molecule has 2 heterocycles. The number of ether oxygens (including phenoxy) is 1. The average Bonchev–Trinajstić information content (AvgIpc) is 3.46. The Morgan fingerprint density at radius 3 is 2.72 bits per heavy atom. The maximum atomic E-state index is 10.1. The summed E-state index contributed by atoms with van der Waals surface area (Å²) in [5.74, 6) is 1.35. The predicted molar refractivity (Wildman–Crippen MR) is 112 cm³/mol. The predicted octanol–water partition coefficient (Wildman–Crippen LogP) is 1.69. The van der Waals surface area contributed by atoms with E-state index >= 15 is 0 Å². The van der Waals surface area contributed by atoms with Crippen LogP contribution >= 0.6 is 0 Å². The molecule has 4 rings (SSSR count). The van der Waals surface area contributed by atoms with Gasteiger partial charge >= 0.3 is 0 Å². The van der Waals surface area contributed by atoms with Gasteiger partial charge in [-0.05, 0) is 44.4 Å². The molecule has 0 bridgehead atoms. The van der Waals surface area contributed by atoms with E-state index in [0.29, 0.717) is 29.3 Å². The normalized spacial score (nSPS) is 25.1. The molecule has 1 aliphatic heterocycles. The first-order valence-corrected chi connectivity index (χ1v) is 10.0. The van der Waals surface area contributed by atoms with Crippen LogP contribution in [-0.2, 0) is 0 Å². The summed E-state index contributed by atoms with van der Waals surface area (Å²) in [5, 5.41) is 18.7. The Morgan fingerprint density at radius 2 is 2.10 bits per heavy atom. The van der Waals surface area contributed by atoms with E-state index in [1.165, 1.54) is 6.33 Å². The van der Waals surface area contributed by atoms with E-state index in [2.05, 4.69) is 16.9 Å². The lowest BCUT2D eigenvalue weighted by Gasteiger charge is -2.24. The van der Waals surface area contributed by atoms with Crippen molar-refractivity contribution < 1.29 is 9.84 Å². The number of aromatic nitrogens is 2. The molecule has 1 saturated carbocycles. The highest BCUT2D eigenvalue weighted by Gasteiger charge is 2.43. The molecule has 8 nitrogen and oxygen atoms in total. The lowest BCUT2D eigenvalue weighted by molar-refractivity contribution is 0.174. The van der Waals surface area contributed by atoms with Crippen LogP contribution in [0.1, 0.15) is 44.4 Å². The second-order valence-corrected chi connectivity index (χ2v) is 8.06. The van der Waals surface area contributed by atoms with Crippen molar-refractivity contribution in [3.8, 4) is 5.75 Å². The van der Waals surface area contributed by atoms with Crippen LogP contribution in [0, 0.1) is 5.41 Å². The number of benzene rings is 1. The van der Waals surface area contributed by atoms with Gasteiger partial charge in [0.25, 0.3) is 0 Å². The number of nitrogens with zero attached hydrogens (tertiary/aromatic N) is 3. The summed E-state index contributed by atoms with van der Waals surface area (Å²) in [7, 11) is 0. The Bertz CT molecular complexity index is 929. The molecular weight excluding hydrogens is 368 g/mol. The first-order valence-electron chi connectivity index (χ1n) is 10.0. The third-order valence-corrected chi connectivity index (χ3v) is 6.16. The Kier molecular flexibility index (Phi) is 4.92. The molecule has 2 aromatic rings. The molecule has 1 aliphatic carbocycles. The Balaban J connectivity index is 1.60. The molecule has 0 spiro atoms. The highest BCUT2D eigenvalue weighted by Crippen LogP contribution is 2.43. The van der Waals surface area contributed by atoms with E-state index in [9.17, 15) is 5.11 Å². The molecule has 154 valence electrons. The van der Waals surface area contributed by atoms with Crippen molar-refractivity contribution in [3.05, 3.63) is 41.9 Å². The van der Waals surface area contributed by atoms with Gasteiger partial charge in [-0.25, -0.2) is 9.97 Å². The number of hydrogen-bond donors (Lipinski definition) is 4. The maximum Gasteiger partial charge on any atom is 0.132 e. The van der Waals surface area contributed by atoms with Gasteiger partial charge in [0.1, 0.15) is 23.5 Å². The van der Waals surface area contributed by atoms with Crippen molar-refractivity contribution in [2.45, 2.75) is 56.9 Å². The maximum absolute atomic E-state index is 10.1. The summed E-state index contributed by atoms with van der Waals surface area (Å²) in [6.45, 7) is 4.47. The third kappa shape index (κ3) is 3.65. The minimum absolute atomic E-state index is 0.0625. The summed E-state index contributed by atoms with van der Waals surface area (Å²) in [6, 6.07) is 6.77. The van der Waals surface area contributed by atoms with E-state index in [0.717, 1.165) is 25.0 Å². The Labute approximate surface area is 170 Å². The van der Waals surface area contributed by atoms with Gasteiger partial charge in [-0.15, -0.1) is 0 Å². The van der Waals surface area contributed by atoms with Crippen molar-refractivity contribution in [3.63, 3.8) is 0 Å². The Hall–Kier alpha value is -2.71. The molecule has 0 amide bonds.